The van der Waals surface area contributed by atoms with Gasteiger partial charge >= 0.3 is 0 Å². The maximum Gasteiger partial charge on any atom is 0.145 e. The summed E-state index contributed by atoms with van der Waals surface area (Å²) in [5.41, 5.74) is 1.52. The topological polar surface area (TPSA) is 33.0 Å². The van der Waals surface area contributed by atoms with Crippen LogP contribution in [0, 0.1) is 18.3 Å². The fourth-order valence-corrected chi connectivity index (χ4v) is 1.48. The molecule has 0 saturated carbocycles. The van der Waals surface area contributed by atoms with E-state index in [0.717, 1.165) is 11.3 Å². The predicted octanol–water partition coefficient (Wildman–Crippen LogP) is 3.66. The number of rotatable bonds is 2. The summed E-state index contributed by atoms with van der Waals surface area (Å²) in [7, 11) is 0. The summed E-state index contributed by atoms with van der Waals surface area (Å²) >= 11 is 0. The molecule has 0 aliphatic heterocycles. The van der Waals surface area contributed by atoms with Crippen LogP contribution >= 0.6 is 0 Å². The van der Waals surface area contributed by atoms with E-state index in [4.69, 9.17) is 10.00 Å². The lowest BCUT2D eigenvalue weighted by atomic mass is 10.1. The van der Waals surface area contributed by atoms with Crippen molar-refractivity contribution in [3.05, 3.63) is 59.7 Å². The average Bonchev–Trinajstić information content (AvgIpc) is 2.31. The highest BCUT2D eigenvalue weighted by atomic mass is 16.5. The third-order valence-electron chi connectivity index (χ3n) is 2.32. The van der Waals surface area contributed by atoms with Crippen molar-refractivity contribution in [1.82, 2.24) is 0 Å². The molecule has 2 nitrogen and oxygen atoms in total. The number of ether oxygens (including phenoxy) is 1. The zero-order chi connectivity index (χ0) is 11.4. The van der Waals surface area contributed by atoms with Gasteiger partial charge in [0.25, 0.3) is 0 Å². The lowest BCUT2D eigenvalue weighted by Crippen LogP contribution is -1.90. The van der Waals surface area contributed by atoms with Gasteiger partial charge in [0, 0.05) is 0 Å². The van der Waals surface area contributed by atoms with Crippen molar-refractivity contribution in [2.45, 2.75) is 6.92 Å². The fraction of sp³-hybridized carbons (Fsp3) is 0.0714. The van der Waals surface area contributed by atoms with Crippen LogP contribution in [-0.4, -0.2) is 0 Å². The smallest absolute Gasteiger partial charge is 0.145 e. The molecule has 0 fully saturated rings. The normalized spacial score (nSPS) is 9.50. The van der Waals surface area contributed by atoms with E-state index in [0.29, 0.717) is 11.3 Å². The minimum atomic E-state index is 0.589. The number of nitriles is 1. The van der Waals surface area contributed by atoms with Crippen LogP contribution in [0.15, 0.2) is 48.5 Å². The molecule has 2 rings (SSSR count). The number of nitrogens with zero attached hydrogens (tertiary/aromatic N) is 1. The molecule has 0 heterocycles. The minimum Gasteiger partial charge on any atom is -0.456 e. The first-order valence-electron chi connectivity index (χ1n) is 5.04. The van der Waals surface area contributed by atoms with Crippen LogP contribution in [0.4, 0.5) is 0 Å². The van der Waals surface area contributed by atoms with Crippen LogP contribution in [0.2, 0.25) is 0 Å². The Hall–Kier alpha value is -2.27. The Morgan fingerprint density at radius 2 is 1.75 bits per heavy atom. The summed E-state index contributed by atoms with van der Waals surface area (Å²) in [4.78, 5) is 0. The molecule has 2 aromatic carbocycles. The zero-order valence-corrected chi connectivity index (χ0v) is 8.97. The molecule has 0 aliphatic carbocycles. The second-order valence-corrected chi connectivity index (χ2v) is 3.47. The summed E-state index contributed by atoms with van der Waals surface area (Å²) < 4.78 is 5.66. The van der Waals surface area contributed by atoms with Gasteiger partial charge in [-0.05, 0) is 30.7 Å². The highest BCUT2D eigenvalue weighted by Gasteiger charge is 2.06. The molecule has 0 bridgehead atoms. The molecule has 0 unspecified atom stereocenters. The van der Waals surface area contributed by atoms with Gasteiger partial charge in [-0.25, -0.2) is 0 Å². The lowest BCUT2D eigenvalue weighted by Gasteiger charge is -2.08. The summed E-state index contributed by atoms with van der Waals surface area (Å²) in [6.07, 6.45) is 0. The van der Waals surface area contributed by atoms with Crippen molar-refractivity contribution in [2.75, 3.05) is 0 Å². The molecule has 2 heteroatoms. The van der Waals surface area contributed by atoms with Crippen LogP contribution in [0.1, 0.15) is 11.1 Å². The van der Waals surface area contributed by atoms with Crippen LogP contribution < -0.4 is 4.74 Å². The van der Waals surface area contributed by atoms with Gasteiger partial charge in [-0.1, -0.05) is 30.3 Å². The highest BCUT2D eigenvalue weighted by molar-refractivity contribution is 5.49. The number of hydrogen-bond acceptors (Lipinski definition) is 2. The number of hydrogen-bond donors (Lipinski definition) is 0. The SMILES string of the molecule is Cc1cccc(Oc2ccccc2)c1C#N. The van der Waals surface area contributed by atoms with Crippen LogP contribution in [0.25, 0.3) is 0 Å². The second kappa shape index (κ2) is 4.50. The zero-order valence-electron chi connectivity index (χ0n) is 8.97. The summed E-state index contributed by atoms with van der Waals surface area (Å²) in [6, 6.07) is 17.2. The molecule has 0 N–H and O–H groups in total. The number of benzene rings is 2. The summed E-state index contributed by atoms with van der Waals surface area (Å²) in [6.45, 7) is 1.90. The van der Waals surface area contributed by atoms with E-state index >= 15 is 0 Å². The Balaban J connectivity index is 2.36. The first kappa shape index (κ1) is 10.3. The minimum absolute atomic E-state index is 0.589. The van der Waals surface area contributed by atoms with E-state index in [1.807, 2.05) is 49.4 Å². The largest absolute Gasteiger partial charge is 0.456 e. The molecular formula is C14H11NO. The van der Waals surface area contributed by atoms with Gasteiger partial charge in [0.1, 0.15) is 17.6 Å². The molecular weight excluding hydrogens is 198 g/mol. The molecule has 16 heavy (non-hydrogen) atoms. The third-order valence-corrected chi connectivity index (χ3v) is 2.32. The van der Waals surface area contributed by atoms with Gasteiger partial charge in [0.15, 0.2) is 0 Å². The molecule has 0 saturated heterocycles. The molecule has 0 radical (unpaired) electrons. The van der Waals surface area contributed by atoms with Gasteiger partial charge in [-0.3, -0.25) is 0 Å². The molecule has 0 spiro atoms. The highest BCUT2D eigenvalue weighted by Crippen LogP contribution is 2.26. The standard InChI is InChI=1S/C14H11NO/c1-11-6-5-9-14(13(11)10-15)16-12-7-3-2-4-8-12/h2-9H,1H3. The van der Waals surface area contributed by atoms with E-state index in [9.17, 15) is 0 Å². The monoisotopic (exact) mass is 209 g/mol. The van der Waals surface area contributed by atoms with Crippen LogP contribution in [0.5, 0.6) is 11.5 Å². The first-order chi connectivity index (χ1) is 7.81. The third kappa shape index (κ3) is 2.04. The Morgan fingerprint density at radius 3 is 2.44 bits per heavy atom. The van der Waals surface area contributed by atoms with Crippen molar-refractivity contribution >= 4 is 0 Å². The van der Waals surface area contributed by atoms with E-state index in [2.05, 4.69) is 6.07 Å². The Bertz CT molecular complexity index is 526. The van der Waals surface area contributed by atoms with Gasteiger partial charge in [-0.15, -0.1) is 0 Å². The Kier molecular flexibility index (Phi) is 2.88. The van der Waals surface area contributed by atoms with Gasteiger partial charge < -0.3 is 4.74 Å². The van der Waals surface area contributed by atoms with Crippen LogP contribution in [-0.2, 0) is 0 Å². The van der Waals surface area contributed by atoms with E-state index in [-0.39, 0.29) is 0 Å². The Morgan fingerprint density at radius 1 is 1.00 bits per heavy atom. The van der Waals surface area contributed by atoms with E-state index < -0.39 is 0 Å². The Labute approximate surface area is 94.7 Å². The molecule has 78 valence electrons. The van der Waals surface area contributed by atoms with Gasteiger partial charge in [-0.2, -0.15) is 5.26 Å². The first-order valence-corrected chi connectivity index (χ1v) is 5.04. The van der Waals surface area contributed by atoms with Gasteiger partial charge in [0.05, 0.1) is 5.56 Å². The maximum atomic E-state index is 9.05. The maximum absolute atomic E-state index is 9.05. The number of para-hydroxylation sites is 1. The van der Waals surface area contributed by atoms with Gasteiger partial charge in [0.2, 0.25) is 0 Å². The molecule has 2 aromatic rings. The van der Waals surface area contributed by atoms with Crippen molar-refractivity contribution in [3.8, 4) is 17.6 Å². The van der Waals surface area contributed by atoms with Crippen molar-refractivity contribution in [3.63, 3.8) is 0 Å². The van der Waals surface area contributed by atoms with Crippen molar-refractivity contribution < 1.29 is 4.74 Å². The fourth-order valence-electron chi connectivity index (χ4n) is 1.48. The second-order valence-electron chi connectivity index (χ2n) is 3.47. The lowest BCUT2D eigenvalue weighted by molar-refractivity contribution is 0.480. The van der Waals surface area contributed by atoms with Crippen LogP contribution in [0.3, 0.4) is 0 Å². The van der Waals surface area contributed by atoms with E-state index in [1.54, 1.807) is 6.07 Å². The van der Waals surface area contributed by atoms with Crippen molar-refractivity contribution in [2.24, 2.45) is 0 Å². The molecule has 0 aliphatic rings. The van der Waals surface area contributed by atoms with E-state index in [1.165, 1.54) is 0 Å². The number of aryl methyl sites for hydroxylation is 1. The predicted molar refractivity (Wildman–Crippen MR) is 62.4 cm³/mol. The molecule has 0 atom stereocenters. The average molecular weight is 209 g/mol. The summed E-state index contributed by atoms with van der Waals surface area (Å²) in [5.74, 6) is 1.35. The molecule has 0 aromatic heterocycles. The van der Waals surface area contributed by atoms with Crippen molar-refractivity contribution in [1.29, 1.82) is 5.26 Å². The summed E-state index contributed by atoms with van der Waals surface area (Å²) in [5, 5.41) is 9.05. The quantitative estimate of drug-likeness (QED) is 0.756. The molecule has 0 amide bonds.